The minimum atomic E-state index is -4.33. The largest absolute Gasteiger partial charge is 0.416 e. The molecule has 0 fully saturated rings. The Morgan fingerprint density at radius 2 is 2.15 bits per heavy atom. The second-order valence-electron chi connectivity index (χ2n) is 6.44. The highest BCUT2D eigenvalue weighted by Gasteiger charge is 2.30. The van der Waals surface area contributed by atoms with Gasteiger partial charge in [0.25, 0.3) is 0 Å². The average Bonchev–Trinajstić information content (AvgIpc) is 3.05. The van der Waals surface area contributed by atoms with E-state index in [0.717, 1.165) is 23.9 Å². The lowest BCUT2D eigenvalue weighted by atomic mass is 9.97. The Bertz CT molecular complexity index is 823. The van der Waals surface area contributed by atoms with Gasteiger partial charge in [0, 0.05) is 31.7 Å². The first-order chi connectivity index (χ1) is 12.3. The van der Waals surface area contributed by atoms with Crippen molar-refractivity contribution in [2.75, 3.05) is 19.6 Å². The summed E-state index contributed by atoms with van der Waals surface area (Å²) in [6, 6.07) is 5.44. The van der Waals surface area contributed by atoms with Crippen molar-refractivity contribution in [3.8, 4) is 0 Å². The van der Waals surface area contributed by atoms with Crippen LogP contribution in [0.15, 0.2) is 36.5 Å². The lowest BCUT2D eigenvalue weighted by Gasteiger charge is -2.26. The topological polar surface area (TPSA) is 49.0 Å². The third kappa shape index (κ3) is 4.22. The molecule has 138 valence electrons. The van der Waals surface area contributed by atoms with Crippen LogP contribution in [0, 0.1) is 6.92 Å². The van der Waals surface area contributed by atoms with Crippen LogP contribution in [0.3, 0.4) is 0 Å². The van der Waals surface area contributed by atoms with Gasteiger partial charge in [0.2, 0.25) is 0 Å². The molecule has 0 amide bonds. The summed E-state index contributed by atoms with van der Waals surface area (Å²) >= 11 is 0. The van der Waals surface area contributed by atoms with Gasteiger partial charge in [-0.05, 0) is 36.6 Å². The van der Waals surface area contributed by atoms with Gasteiger partial charge in [-0.1, -0.05) is 18.2 Å². The number of hydrogen-bond donors (Lipinski definition) is 1. The Hall–Kier alpha value is -2.41. The predicted octanol–water partition coefficient (Wildman–Crippen LogP) is 4.10. The molecule has 0 spiro atoms. The zero-order valence-corrected chi connectivity index (χ0v) is 14.4. The van der Waals surface area contributed by atoms with Crippen molar-refractivity contribution < 1.29 is 18.0 Å². The van der Waals surface area contributed by atoms with E-state index >= 15 is 0 Å². The first-order valence-corrected chi connectivity index (χ1v) is 8.47. The van der Waals surface area contributed by atoms with E-state index in [2.05, 4.69) is 15.1 Å². The third-order valence-corrected chi connectivity index (χ3v) is 4.64. The molecule has 3 rings (SSSR count). The summed E-state index contributed by atoms with van der Waals surface area (Å²) in [6.07, 6.45) is 0.224. The van der Waals surface area contributed by atoms with Gasteiger partial charge in [-0.25, -0.2) is 0 Å². The molecule has 26 heavy (non-hydrogen) atoms. The molecule has 0 unspecified atom stereocenters. The van der Waals surface area contributed by atoms with Crippen LogP contribution in [0.2, 0.25) is 0 Å². The Kier molecular flexibility index (Phi) is 5.27. The molecule has 0 saturated carbocycles. The summed E-state index contributed by atoms with van der Waals surface area (Å²) in [4.78, 5) is 14.3. The van der Waals surface area contributed by atoms with E-state index in [-0.39, 0.29) is 5.78 Å². The monoisotopic (exact) mass is 363 g/mol. The van der Waals surface area contributed by atoms with E-state index in [1.165, 1.54) is 12.1 Å². The van der Waals surface area contributed by atoms with E-state index in [4.69, 9.17) is 0 Å². The highest BCUT2D eigenvalue weighted by molar-refractivity contribution is 5.96. The smallest absolute Gasteiger partial charge is 0.299 e. The number of Topliss-reactive ketones (excluding diaryl/α,β-unsaturated/α-hetero) is 1. The fourth-order valence-corrected chi connectivity index (χ4v) is 3.10. The minimum absolute atomic E-state index is 0.0453. The first kappa shape index (κ1) is 18.4. The summed E-state index contributed by atoms with van der Waals surface area (Å²) in [7, 11) is 0. The standard InChI is InChI=1S/C19H20F3N3O/c1-13-17(12-23-24-13)18(26)7-10-25-8-5-14(6-9-25)15-3-2-4-16(11-15)19(20,21)22/h2-5,11-12H,6-10H2,1H3,(H,23,24). The molecule has 2 heterocycles. The summed E-state index contributed by atoms with van der Waals surface area (Å²) in [5.74, 6) is 0.0453. The molecule has 0 saturated heterocycles. The fourth-order valence-electron chi connectivity index (χ4n) is 3.10. The second-order valence-corrected chi connectivity index (χ2v) is 6.44. The molecular weight excluding hydrogens is 343 g/mol. The molecule has 1 aliphatic heterocycles. The van der Waals surface area contributed by atoms with Crippen molar-refractivity contribution in [2.45, 2.75) is 25.9 Å². The van der Waals surface area contributed by atoms with Crippen molar-refractivity contribution in [2.24, 2.45) is 0 Å². The van der Waals surface area contributed by atoms with E-state index in [1.807, 2.05) is 13.0 Å². The summed E-state index contributed by atoms with van der Waals surface area (Å²) in [5.41, 5.74) is 2.29. The number of nitrogens with one attached hydrogen (secondary N) is 1. The molecule has 0 bridgehead atoms. The third-order valence-electron chi connectivity index (χ3n) is 4.64. The number of carbonyl (C=O) groups excluding carboxylic acids is 1. The Morgan fingerprint density at radius 3 is 2.77 bits per heavy atom. The fraction of sp³-hybridized carbons (Fsp3) is 0.368. The van der Waals surface area contributed by atoms with Crippen molar-refractivity contribution in [3.63, 3.8) is 0 Å². The Morgan fingerprint density at radius 1 is 1.35 bits per heavy atom. The van der Waals surface area contributed by atoms with Crippen LogP contribution in [-0.2, 0) is 6.18 Å². The molecule has 7 heteroatoms. The number of carbonyl (C=O) groups is 1. The van der Waals surface area contributed by atoms with Crippen LogP contribution in [0.25, 0.3) is 5.57 Å². The van der Waals surface area contributed by atoms with E-state index in [0.29, 0.717) is 37.1 Å². The predicted molar refractivity (Wildman–Crippen MR) is 92.8 cm³/mol. The van der Waals surface area contributed by atoms with Crippen LogP contribution in [-0.4, -0.2) is 40.5 Å². The number of rotatable bonds is 5. The van der Waals surface area contributed by atoms with E-state index < -0.39 is 11.7 Å². The number of aromatic amines is 1. The average molecular weight is 363 g/mol. The van der Waals surface area contributed by atoms with Crippen molar-refractivity contribution in [3.05, 3.63) is 58.9 Å². The molecule has 0 aliphatic carbocycles. The summed E-state index contributed by atoms with van der Waals surface area (Å²) < 4.78 is 38.6. The number of benzene rings is 1. The molecule has 1 aromatic heterocycles. The lowest BCUT2D eigenvalue weighted by Crippen LogP contribution is -2.30. The van der Waals surface area contributed by atoms with Gasteiger partial charge in [0.1, 0.15) is 0 Å². The summed E-state index contributed by atoms with van der Waals surface area (Å²) in [6.45, 7) is 3.78. The van der Waals surface area contributed by atoms with E-state index in [9.17, 15) is 18.0 Å². The van der Waals surface area contributed by atoms with Crippen LogP contribution >= 0.6 is 0 Å². The normalized spacial score (nSPS) is 15.8. The highest BCUT2D eigenvalue weighted by Crippen LogP contribution is 2.32. The zero-order chi connectivity index (χ0) is 18.7. The number of H-pyrrole nitrogens is 1. The number of hydrogen-bond acceptors (Lipinski definition) is 3. The second kappa shape index (κ2) is 7.45. The number of nitrogens with zero attached hydrogens (tertiary/aromatic N) is 2. The molecule has 0 atom stereocenters. The van der Waals surface area contributed by atoms with Gasteiger partial charge in [-0.2, -0.15) is 18.3 Å². The molecule has 1 N–H and O–H groups in total. The Balaban J connectivity index is 1.59. The van der Waals surface area contributed by atoms with Gasteiger partial charge in [-0.15, -0.1) is 0 Å². The maximum Gasteiger partial charge on any atom is 0.416 e. The first-order valence-electron chi connectivity index (χ1n) is 8.47. The molecule has 1 aromatic carbocycles. The van der Waals surface area contributed by atoms with Crippen molar-refractivity contribution >= 4 is 11.4 Å². The molecule has 4 nitrogen and oxygen atoms in total. The summed E-state index contributed by atoms with van der Waals surface area (Å²) in [5, 5.41) is 6.61. The highest BCUT2D eigenvalue weighted by atomic mass is 19.4. The van der Waals surface area contributed by atoms with E-state index in [1.54, 1.807) is 12.3 Å². The maximum absolute atomic E-state index is 12.9. The van der Waals surface area contributed by atoms with Gasteiger partial charge < -0.3 is 0 Å². The van der Waals surface area contributed by atoms with Gasteiger partial charge >= 0.3 is 6.18 Å². The SMILES string of the molecule is Cc1[nH]ncc1C(=O)CCN1CC=C(c2cccc(C(F)(F)F)c2)CC1. The quantitative estimate of drug-likeness (QED) is 0.814. The minimum Gasteiger partial charge on any atom is -0.299 e. The number of aromatic nitrogens is 2. The zero-order valence-electron chi connectivity index (χ0n) is 14.4. The van der Waals surface area contributed by atoms with Gasteiger partial charge in [0.15, 0.2) is 5.78 Å². The number of halogens is 3. The molecule has 2 aromatic rings. The number of ketones is 1. The number of alkyl halides is 3. The molecular formula is C19H20F3N3O. The molecule has 0 radical (unpaired) electrons. The van der Waals surface area contributed by atoms with Crippen LogP contribution in [0.4, 0.5) is 13.2 Å². The Labute approximate surface area is 149 Å². The van der Waals surface area contributed by atoms with Crippen molar-refractivity contribution in [1.29, 1.82) is 0 Å². The van der Waals surface area contributed by atoms with Crippen molar-refractivity contribution in [1.82, 2.24) is 15.1 Å². The lowest BCUT2D eigenvalue weighted by molar-refractivity contribution is -0.137. The molecule has 1 aliphatic rings. The number of aryl methyl sites for hydroxylation is 1. The van der Waals surface area contributed by atoms with Crippen LogP contribution in [0.5, 0.6) is 0 Å². The van der Waals surface area contributed by atoms with Crippen LogP contribution in [0.1, 0.15) is 40.0 Å². The van der Waals surface area contributed by atoms with Gasteiger partial charge in [-0.3, -0.25) is 14.8 Å². The maximum atomic E-state index is 12.9. The van der Waals surface area contributed by atoms with Gasteiger partial charge in [0.05, 0.1) is 17.3 Å². The van der Waals surface area contributed by atoms with Crippen LogP contribution < -0.4 is 0 Å².